The number of carboxylic acids is 4. The van der Waals surface area contributed by atoms with E-state index in [1.807, 2.05) is 0 Å². The maximum Gasteiger partial charge on any atom is 0.414 e. The van der Waals surface area contributed by atoms with Gasteiger partial charge in [0.1, 0.15) is 0 Å². The summed E-state index contributed by atoms with van der Waals surface area (Å²) < 4.78 is 5.69. The molecule has 13 nitrogen and oxygen atoms in total. The smallest absolute Gasteiger partial charge is 0.414 e. The summed E-state index contributed by atoms with van der Waals surface area (Å²) in [6.45, 7) is 5.98. The number of carbonyl (C=O) groups excluding carboxylic acids is 1. The van der Waals surface area contributed by atoms with Gasteiger partial charge in [0.05, 0.1) is 28.4 Å². The molecule has 0 aromatic heterocycles. The first kappa shape index (κ1) is 31.1. The molecule has 2 aliphatic heterocycles. The lowest BCUT2D eigenvalue weighted by atomic mass is 10.2. The largest absolute Gasteiger partial charge is 0.473 e. The molecule has 1 amide bonds. The van der Waals surface area contributed by atoms with Crippen molar-refractivity contribution in [1.29, 1.82) is 0 Å². The minimum absolute atomic E-state index is 0.0856. The van der Waals surface area contributed by atoms with Crippen molar-refractivity contribution in [1.82, 2.24) is 9.80 Å². The van der Waals surface area contributed by atoms with Crippen LogP contribution in [0.4, 0.5) is 5.69 Å². The molecule has 2 aliphatic rings. The number of nitrogens with one attached hydrogen (secondary N) is 1. The van der Waals surface area contributed by atoms with Crippen molar-refractivity contribution in [2.24, 2.45) is 0 Å². The molecular weight excluding hydrogens is 525 g/mol. The lowest BCUT2D eigenvalue weighted by Gasteiger charge is -2.35. The second-order valence-electron chi connectivity index (χ2n) is 7.58. The van der Waals surface area contributed by atoms with E-state index < -0.39 is 23.9 Å². The number of benzene rings is 1. The van der Waals surface area contributed by atoms with Crippen molar-refractivity contribution in [3.05, 3.63) is 28.2 Å². The first-order chi connectivity index (χ1) is 16.9. The molecule has 0 saturated carbocycles. The lowest BCUT2D eigenvalue weighted by Crippen LogP contribution is -2.50. The Morgan fingerprint density at radius 1 is 0.861 bits per heavy atom. The van der Waals surface area contributed by atoms with Crippen molar-refractivity contribution >= 4 is 58.7 Å². The van der Waals surface area contributed by atoms with Gasteiger partial charge in [-0.2, -0.15) is 0 Å². The molecule has 0 spiro atoms. The standard InChI is InChI=1S/C17H23Cl2N3O2.2C2H2O4/c18-14-4-1-5-15(19)17(14)20-16(23)12-22-8-6-21(7-9-22)11-13-3-2-10-24-13;2*3-1(4)2(5)6/h1,4-5,13H,2-3,6-12H2,(H,20,23);2*(H,3,4)(H,5,6). The molecule has 2 saturated heterocycles. The zero-order valence-corrected chi connectivity index (χ0v) is 20.6. The molecule has 2 heterocycles. The van der Waals surface area contributed by atoms with E-state index in [2.05, 4.69) is 15.1 Å². The van der Waals surface area contributed by atoms with Crippen LogP contribution in [0.5, 0.6) is 0 Å². The molecule has 0 aliphatic carbocycles. The Kier molecular flexibility index (Phi) is 13.7. The molecule has 1 atom stereocenters. The molecule has 0 radical (unpaired) electrons. The Morgan fingerprint density at radius 2 is 1.33 bits per heavy atom. The number of anilines is 1. The SMILES string of the molecule is O=C(CN1CCN(CC2CCCO2)CC1)Nc1c(Cl)cccc1Cl.O=C(O)C(=O)O.O=C(O)C(=O)O. The number of piperazine rings is 1. The average Bonchev–Trinajstić information content (AvgIpc) is 3.31. The second kappa shape index (κ2) is 15.9. The number of carboxylic acid groups (broad SMARTS) is 4. The van der Waals surface area contributed by atoms with E-state index in [1.165, 1.54) is 12.8 Å². The molecule has 1 aromatic rings. The minimum Gasteiger partial charge on any atom is -0.473 e. The number of ether oxygens (including phenoxy) is 1. The van der Waals surface area contributed by atoms with Crippen LogP contribution >= 0.6 is 23.2 Å². The van der Waals surface area contributed by atoms with Crippen molar-refractivity contribution in [3.63, 3.8) is 0 Å². The predicted octanol–water partition coefficient (Wildman–Crippen LogP) is 1.04. The van der Waals surface area contributed by atoms with Gasteiger partial charge < -0.3 is 30.5 Å². The van der Waals surface area contributed by atoms with Gasteiger partial charge in [0, 0.05) is 39.3 Å². The summed E-state index contributed by atoms with van der Waals surface area (Å²) in [5, 5.41) is 33.3. The van der Waals surface area contributed by atoms with Gasteiger partial charge in [-0.25, -0.2) is 19.2 Å². The first-order valence-corrected chi connectivity index (χ1v) is 11.4. The van der Waals surface area contributed by atoms with Crippen molar-refractivity contribution < 1.29 is 49.1 Å². The summed E-state index contributed by atoms with van der Waals surface area (Å²) in [6, 6.07) is 5.19. The van der Waals surface area contributed by atoms with Crippen LogP contribution in [0, 0.1) is 0 Å². The Bertz CT molecular complexity index is 864. The monoisotopic (exact) mass is 551 g/mol. The molecule has 5 N–H and O–H groups in total. The van der Waals surface area contributed by atoms with Gasteiger partial charge in [0.2, 0.25) is 5.91 Å². The van der Waals surface area contributed by atoms with Gasteiger partial charge >= 0.3 is 23.9 Å². The third-order valence-corrected chi connectivity index (χ3v) is 5.54. The number of halogens is 2. The number of para-hydroxylation sites is 1. The van der Waals surface area contributed by atoms with Crippen LogP contribution in [0.25, 0.3) is 0 Å². The summed E-state index contributed by atoms with van der Waals surface area (Å²) >= 11 is 12.2. The molecule has 1 aromatic carbocycles. The topological polar surface area (TPSA) is 194 Å². The van der Waals surface area contributed by atoms with Crippen LogP contribution in [-0.2, 0) is 28.7 Å². The Labute approximate surface area is 216 Å². The minimum atomic E-state index is -1.82. The van der Waals surface area contributed by atoms with Crippen molar-refractivity contribution in [2.45, 2.75) is 18.9 Å². The van der Waals surface area contributed by atoms with Crippen molar-refractivity contribution in [3.8, 4) is 0 Å². The Hall–Kier alpha value is -2.97. The maximum absolute atomic E-state index is 12.2. The summed E-state index contributed by atoms with van der Waals surface area (Å²) in [5.74, 6) is -7.38. The normalized spacial score (nSPS) is 17.6. The third-order valence-electron chi connectivity index (χ3n) is 4.91. The molecule has 0 bridgehead atoms. The van der Waals surface area contributed by atoms with Gasteiger partial charge in [-0.05, 0) is 25.0 Å². The number of aliphatic carboxylic acids is 4. The fourth-order valence-corrected chi connectivity index (χ4v) is 3.70. The molecule has 3 rings (SSSR count). The lowest BCUT2D eigenvalue weighted by molar-refractivity contribution is -0.159. The third kappa shape index (κ3) is 12.1. The zero-order chi connectivity index (χ0) is 27.3. The molecule has 15 heteroatoms. The van der Waals surface area contributed by atoms with E-state index in [9.17, 15) is 4.79 Å². The maximum atomic E-state index is 12.2. The fourth-order valence-electron chi connectivity index (χ4n) is 3.21. The van der Waals surface area contributed by atoms with Gasteiger partial charge in [0.15, 0.2) is 0 Å². The number of hydrogen-bond donors (Lipinski definition) is 5. The first-order valence-electron chi connectivity index (χ1n) is 10.6. The molecule has 1 unspecified atom stereocenters. The highest BCUT2D eigenvalue weighted by Crippen LogP contribution is 2.29. The van der Waals surface area contributed by atoms with Gasteiger partial charge in [-0.1, -0.05) is 29.3 Å². The van der Waals surface area contributed by atoms with Crippen LogP contribution < -0.4 is 5.32 Å². The number of amides is 1. The molecular formula is C21H27Cl2N3O10. The second-order valence-corrected chi connectivity index (χ2v) is 8.39. The van der Waals surface area contributed by atoms with E-state index in [0.29, 0.717) is 28.4 Å². The molecule has 200 valence electrons. The number of hydrogen-bond acceptors (Lipinski definition) is 8. The van der Waals surface area contributed by atoms with Crippen LogP contribution in [0.1, 0.15) is 12.8 Å². The van der Waals surface area contributed by atoms with E-state index >= 15 is 0 Å². The highest BCUT2D eigenvalue weighted by Gasteiger charge is 2.24. The van der Waals surface area contributed by atoms with E-state index in [4.69, 9.17) is 67.5 Å². The van der Waals surface area contributed by atoms with E-state index in [1.54, 1.807) is 18.2 Å². The van der Waals surface area contributed by atoms with Gasteiger partial charge in [-0.15, -0.1) is 0 Å². The summed E-state index contributed by atoms with van der Waals surface area (Å²) in [7, 11) is 0. The predicted molar refractivity (Wildman–Crippen MR) is 127 cm³/mol. The number of nitrogens with zero attached hydrogens (tertiary/aromatic N) is 2. The summed E-state index contributed by atoms with van der Waals surface area (Å²) in [5.41, 5.74) is 0.489. The highest BCUT2D eigenvalue weighted by molar-refractivity contribution is 6.39. The Balaban J connectivity index is 0.000000450. The van der Waals surface area contributed by atoms with Crippen LogP contribution in [0.15, 0.2) is 18.2 Å². The summed E-state index contributed by atoms with van der Waals surface area (Å²) in [6.07, 6.45) is 2.73. The molecule has 2 fully saturated rings. The summed E-state index contributed by atoms with van der Waals surface area (Å²) in [4.78, 5) is 53.2. The quantitative estimate of drug-likeness (QED) is 0.326. The van der Waals surface area contributed by atoms with Crippen LogP contribution in [-0.4, -0.2) is 112 Å². The van der Waals surface area contributed by atoms with Gasteiger partial charge in [0.25, 0.3) is 0 Å². The number of rotatable bonds is 5. The average molecular weight is 552 g/mol. The zero-order valence-electron chi connectivity index (χ0n) is 19.1. The van der Waals surface area contributed by atoms with E-state index in [-0.39, 0.29) is 5.91 Å². The Morgan fingerprint density at radius 3 is 1.75 bits per heavy atom. The van der Waals surface area contributed by atoms with Crippen LogP contribution in [0.3, 0.4) is 0 Å². The fraction of sp³-hybridized carbons (Fsp3) is 0.476. The van der Waals surface area contributed by atoms with Crippen LogP contribution in [0.2, 0.25) is 10.0 Å². The molecule has 36 heavy (non-hydrogen) atoms. The van der Waals surface area contributed by atoms with Gasteiger partial charge in [-0.3, -0.25) is 14.6 Å². The van der Waals surface area contributed by atoms with Crippen molar-refractivity contribution in [2.75, 3.05) is 51.2 Å². The number of carbonyl (C=O) groups is 5. The highest BCUT2D eigenvalue weighted by atomic mass is 35.5. The van der Waals surface area contributed by atoms with E-state index in [0.717, 1.165) is 39.3 Å².